The SMILES string of the molecule is CCN1CCCC1CNC(=O)NCCOCC(=O)O. The Balaban J connectivity index is 2.03. The largest absolute Gasteiger partial charge is 0.480 e. The molecule has 7 nitrogen and oxygen atoms in total. The van der Waals surface area contributed by atoms with Crippen LogP contribution in [0.5, 0.6) is 0 Å². The van der Waals surface area contributed by atoms with Gasteiger partial charge >= 0.3 is 12.0 Å². The van der Waals surface area contributed by atoms with Crippen molar-refractivity contribution < 1.29 is 19.4 Å². The summed E-state index contributed by atoms with van der Waals surface area (Å²) in [6.45, 7) is 5.06. The maximum absolute atomic E-state index is 11.5. The molecule has 0 aromatic rings. The van der Waals surface area contributed by atoms with Gasteiger partial charge in [0.15, 0.2) is 0 Å². The van der Waals surface area contributed by atoms with Crippen molar-refractivity contribution >= 4 is 12.0 Å². The molecule has 3 N–H and O–H groups in total. The molecule has 1 heterocycles. The number of hydrogen-bond donors (Lipinski definition) is 3. The highest BCUT2D eigenvalue weighted by molar-refractivity contribution is 5.73. The summed E-state index contributed by atoms with van der Waals surface area (Å²) < 4.78 is 4.81. The second-order valence-corrected chi connectivity index (χ2v) is 4.51. The van der Waals surface area contributed by atoms with Gasteiger partial charge in [0, 0.05) is 19.1 Å². The highest BCUT2D eigenvalue weighted by atomic mass is 16.5. The third kappa shape index (κ3) is 6.40. The van der Waals surface area contributed by atoms with Crippen LogP contribution in [-0.4, -0.2) is 67.4 Å². The van der Waals surface area contributed by atoms with Gasteiger partial charge in [-0.3, -0.25) is 4.90 Å². The van der Waals surface area contributed by atoms with E-state index in [4.69, 9.17) is 9.84 Å². The highest BCUT2D eigenvalue weighted by Crippen LogP contribution is 2.15. The van der Waals surface area contributed by atoms with Crippen LogP contribution in [0.2, 0.25) is 0 Å². The number of carbonyl (C=O) groups excluding carboxylic acids is 1. The van der Waals surface area contributed by atoms with Gasteiger partial charge in [-0.15, -0.1) is 0 Å². The van der Waals surface area contributed by atoms with E-state index in [1.807, 2.05) is 0 Å². The summed E-state index contributed by atoms with van der Waals surface area (Å²) in [5.74, 6) is -1.01. The first kappa shape index (κ1) is 15.7. The van der Waals surface area contributed by atoms with Crippen LogP contribution < -0.4 is 10.6 Å². The number of carboxylic acids is 1. The third-order valence-corrected chi connectivity index (χ3v) is 3.16. The number of nitrogens with one attached hydrogen (secondary N) is 2. The van der Waals surface area contributed by atoms with Gasteiger partial charge in [0.1, 0.15) is 6.61 Å². The van der Waals surface area contributed by atoms with Crippen LogP contribution in [0.3, 0.4) is 0 Å². The zero-order valence-corrected chi connectivity index (χ0v) is 11.4. The van der Waals surface area contributed by atoms with Gasteiger partial charge in [0.2, 0.25) is 0 Å². The molecular formula is C12H23N3O4. The normalized spacial score (nSPS) is 19.3. The van der Waals surface area contributed by atoms with Crippen molar-refractivity contribution in [2.24, 2.45) is 0 Å². The topological polar surface area (TPSA) is 90.9 Å². The highest BCUT2D eigenvalue weighted by Gasteiger charge is 2.22. The Kier molecular flexibility index (Phi) is 7.20. The van der Waals surface area contributed by atoms with Crippen molar-refractivity contribution in [3.05, 3.63) is 0 Å². The van der Waals surface area contributed by atoms with Gasteiger partial charge in [-0.2, -0.15) is 0 Å². The van der Waals surface area contributed by atoms with Crippen molar-refractivity contribution in [3.63, 3.8) is 0 Å². The molecule has 0 aromatic carbocycles. The molecular weight excluding hydrogens is 250 g/mol. The number of hydrogen-bond acceptors (Lipinski definition) is 4. The minimum absolute atomic E-state index is 0.199. The molecule has 0 radical (unpaired) electrons. The van der Waals surface area contributed by atoms with Gasteiger partial charge in [-0.1, -0.05) is 6.92 Å². The molecule has 0 spiro atoms. The average molecular weight is 273 g/mol. The minimum atomic E-state index is -1.01. The molecule has 2 amide bonds. The van der Waals surface area contributed by atoms with E-state index in [0.29, 0.717) is 19.1 Å². The van der Waals surface area contributed by atoms with E-state index in [1.54, 1.807) is 0 Å². The standard InChI is InChI=1S/C12H23N3O4/c1-2-15-6-3-4-10(15)8-14-12(18)13-5-7-19-9-11(16)17/h10H,2-9H2,1H3,(H,16,17)(H2,13,14,18). The number of amides is 2. The van der Waals surface area contributed by atoms with Gasteiger partial charge in [0.25, 0.3) is 0 Å². The maximum atomic E-state index is 11.5. The van der Waals surface area contributed by atoms with E-state index in [1.165, 1.54) is 6.42 Å². The van der Waals surface area contributed by atoms with E-state index in [0.717, 1.165) is 19.5 Å². The molecule has 1 atom stereocenters. The molecule has 1 saturated heterocycles. The number of likely N-dealkylation sites (N-methyl/N-ethyl adjacent to an activating group) is 1. The Bertz CT molecular complexity index is 299. The third-order valence-electron chi connectivity index (χ3n) is 3.16. The van der Waals surface area contributed by atoms with E-state index < -0.39 is 5.97 Å². The second-order valence-electron chi connectivity index (χ2n) is 4.51. The number of carbonyl (C=O) groups is 2. The van der Waals surface area contributed by atoms with Gasteiger partial charge < -0.3 is 20.5 Å². The molecule has 1 aliphatic heterocycles. The van der Waals surface area contributed by atoms with Crippen LogP contribution >= 0.6 is 0 Å². The number of urea groups is 1. The van der Waals surface area contributed by atoms with Crippen LogP contribution in [0.1, 0.15) is 19.8 Å². The van der Waals surface area contributed by atoms with Crippen LogP contribution in [-0.2, 0) is 9.53 Å². The maximum Gasteiger partial charge on any atom is 0.329 e. The molecule has 110 valence electrons. The van der Waals surface area contributed by atoms with Crippen molar-refractivity contribution in [2.45, 2.75) is 25.8 Å². The number of carboxylic acid groups (broad SMARTS) is 1. The molecule has 1 rings (SSSR count). The second kappa shape index (κ2) is 8.71. The Labute approximate surface area is 113 Å². The van der Waals surface area contributed by atoms with Crippen LogP contribution in [0.15, 0.2) is 0 Å². The van der Waals surface area contributed by atoms with E-state index in [9.17, 15) is 9.59 Å². The molecule has 0 aliphatic carbocycles. The predicted octanol–water partition coefficient (Wildman–Crippen LogP) is -0.129. The van der Waals surface area contributed by atoms with E-state index in [2.05, 4.69) is 22.5 Å². The molecule has 19 heavy (non-hydrogen) atoms. The molecule has 7 heteroatoms. The summed E-state index contributed by atoms with van der Waals surface area (Å²) in [7, 11) is 0. The van der Waals surface area contributed by atoms with E-state index >= 15 is 0 Å². The smallest absolute Gasteiger partial charge is 0.329 e. The number of ether oxygens (including phenoxy) is 1. The van der Waals surface area contributed by atoms with Gasteiger partial charge in [0.05, 0.1) is 6.61 Å². The first-order chi connectivity index (χ1) is 9.13. The quantitative estimate of drug-likeness (QED) is 0.536. The Morgan fingerprint density at radius 1 is 1.42 bits per heavy atom. The fourth-order valence-electron chi connectivity index (χ4n) is 2.21. The molecule has 0 bridgehead atoms. The lowest BCUT2D eigenvalue weighted by Crippen LogP contribution is -2.44. The Morgan fingerprint density at radius 3 is 2.89 bits per heavy atom. The summed E-state index contributed by atoms with van der Waals surface area (Å²) in [4.78, 5) is 24.0. The number of nitrogens with zero attached hydrogens (tertiary/aromatic N) is 1. The Morgan fingerprint density at radius 2 is 2.21 bits per heavy atom. The van der Waals surface area contributed by atoms with Crippen molar-refractivity contribution in [2.75, 3.05) is 39.4 Å². The zero-order chi connectivity index (χ0) is 14.1. The van der Waals surface area contributed by atoms with Gasteiger partial charge in [-0.05, 0) is 25.9 Å². The summed E-state index contributed by atoms with van der Waals surface area (Å²) in [5.41, 5.74) is 0. The monoisotopic (exact) mass is 273 g/mol. The van der Waals surface area contributed by atoms with E-state index in [-0.39, 0.29) is 19.2 Å². The van der Waals surface area contributed by atoms with Crippen molar-refractivity contribution in [1.29, 1.82) is 0 Å². The molecule has 1 aliphatic rings. The summed E-state index contributed by atoms with van der Waals surface area (Å²) >= 11 is 0. The summed E-state index contributed by atoms with van der Waals surface area (Å²) in [6.07, 6.45) is 2.31. The fraction of sp³-hybridized carbons (Fsp3) is 0.833. The Hall–Kier alpha value is -1.34. The number of rotatable bonds is 8. The predicted molar refractivity (Wildman–Crippen MR) is 70.1 cm³/mol. The number of likely N-dealkylation sites (tertiary alicyclic amines) is 1. The molecule has 0 saturated carbocycles. The van der Waals surface area contributed by atoms with Crippen LogP contribution in [0.4, 0.5) is 4.79 Å². The average Bonchev–Trinajstić information content (AvgIpc) is 2.83. The van der Waals surface area contributed by atoms with Crippen molar-refractivity contribution in [1.82, 2.24) is 15.5 Å². The van der Waals surface area contributed by atoms with Crippen LogP contribution in [0, 0.1) is 0 Å². The molecule has 1 fully saturated rings. The summed E-state index contributed by atoms with van der Waals surface area (Å²) in [5, 5.41) is 13.8. The zero-order valence-electron chi connectivity index (χ0n) is 11.4. The van der Waals surface area contributed by atoms with Crippen molar-refractivity contribution in [3.8, 4) is 0 Å². The minimum Gasteiger partial charge on any atom is -0.480 e. The van der Waals surface area contributed by atoms with Gasteiger partial charge in [-0.25, -0.2) is 9.59 Å². The number of aliphatic carboxylic acids is 1. The lowest BCUT2D eigenvalue weighted by atomic mass is 10.2. The summed E-state index contributed by atoms with van der Waals surface area (Å²) in [6, 6.07) is 0.195. The fourth-order valence-corrected chi connectivity index (χ4v) is 2.21. The lowest BCUT2D eigenvalue weighted by Gasteiger charge is -2.22. The first-order valence-corrected chi connectivity index (χ1v) is 6.68. The molecule has 0 aromatic heterocycles. The molecule has 1 unspecified atom stereocenters. The van der Waals surface area contributed by atoms with Crippen LogP contribution in [0.25, 0.3) is 0 Å². The lowest BCUT2D eigenvalue weighted by molar-refractivity contribution is -0.142. The first-order valence-electron chi connectivity index (χ1n) is 6.68.